The van der Waals surface area contributed by atoms with Crippen LogP contribution < -0.4 is 10.2 Å². The minimum atomic E-state index is -0.170. The van der Waals surface area contributed by atoms with Crippen LogP contribution in [0.2, 0.25) is 0 Å². The van der Waals surface area contributed by atoms with Crippen molar-refractivity contribution >= 4 is 22.6 Å². The Bertz CT molecular complexity index is 914. The first-order chi connectivity index (χ1) is 14.4. The zero-order valence-electron chi connectivity index (χ0n) is 18.2. The van der Waals surface area contributed by atoms with Crippen LogP contribution in [0.1, 0.15) is 32.3 Å². The van der Waals surface area contributed by atoms with Crippen LogP contribution in [0.4, 0.5) is 5.82 Å². The predicted octanol–water partition coefficient (Wildman–Crippen LogP) is 2.91. The molecule has 1 amide bonds. The number of aryl methyl sites for hydroxylation is 1. The van der Waals surface area contributed by atoms with Crippen molar-refractivity contribution < 1.29 is 14.6 Å². The van der Waals surface area contributed by atoms with Gasteiger partial charge in [0, 0.05) is 36.9 Å². The van der Waals surface area contributed by atoms with Gasteiger partial charge in [0.15, 0.2) is 0 Å². The van der Waals surface area contributed by atoms with Crippen molar-refractivity contribution in [2.45, 2.75) is 39.7 Å². The van der Waals surface area contributed by atoms with Crippen LogP contribution in [-0.4, -0.2) is 54.9 Å². The van der Waals surface area contributed by atoms with E-state index in [-0.39, 0.29) is 35.8 Å². The first kappa shape index (κ1) is 21.1. The second kappa shape index (κ2) is 8.52. The molecule has 0 radical (unpaired) electrons. The summed E-state index contributed by atoms with van der Waals surface area (Å²) in [5, 5.41) is 13.7. The number of piperidine rings is 1. The standard InChI is InChI=1S/C24H33N3O3/c1-16-5-4-6-18-7-8-21(26-22(16)18)27-10-9-20(24(2,3)15-27)23(29)25-19-11-17(12-28)13-30-14-19/h4-8,17,19-20,28H,9-15H2,1-3H3,(H,25,29)/t17-,19+,20-/m1/s1. The number of ether oxygens (including phenoxy) is 1. The number of pyridine rings is 1. The van der Waals surface area contributed by atoms with Crippen LogP contribution in [-0.2, 0) is 9.53 Å². The van der Waals surface area contributed by atoms with Gasteiger partial charge in [0.25, 0.3) is 0 Å². The smallest absolute Gasteiger partial charge is 0.224 e. The number of amides is 1. The van der Waals surface area contributed by atoms with E-state index in [1.165, 1.54) is 5.56 Å². The second-order valence-electron chi connectivity index (χ2n) is 9.59. The van der Waals surface area contributed by atoms with Gasteiger partial charge in [-0.3, -0.25) is 4.79 Å². The molecule has 2 N–H and O–H groups in total. The maximum Gasteiger partial charge on any atom is 0.224 e. The Hall–Kier alpha value is -2.18. The third-order valence-corrected chi connectivity index (χ3v) is 6.67. The van der Waals surface area contributed by atoms with E-state index in [4.69, 9.17) is 9.72 Å². The molecule has 0 unspecified atom stereocenters. The molecule has 6 heteroatoms. The van der Waals surface area contributed by atoms with E-state index in [2.05, 4.69) is 61.3 Å². The Balaban J connectivity index is 1.44. The van der Waals surface area contributed by atoms with Crippen molar-refractivity contribution in [1.29, 1.82) is 0 Å². The summed E-state index contributed by atoms with van der Waals surface area (Å²) in [7, 11) is 0. The van der Waals surface area contributed by atoms with Gasteiger partial charge in [0.05, 0.1) is 24.8 Å². The number of hydrogen-bond donors (Lipinski definition) is 2. The highest BCUT2D eigenvalue weighted by molar-refractivity contribution is 5.83. The monoisotopic (exact) mass is 411 g/mol. The number of para-hydroxylation sites is 1. The van der Waals surface area contributed by atoms with Crippen LogP contribution >= 0.6 is 0 Å². The summed E-state index contributed by atoms with van der Waals surface area (Å²) in [5.74, 6) is 1.15. The molecule has 4 rings (SSSR count). The maximum atomic E-state index is 13.1. The number of aromatic nitrogens is 1. The van der Waals surface area contributed by atoms with Crippen LogP contribution in [0.3, 0.4) is 0 Å². The number of carbonyl (C=O) groups is 1. The van der Waals surface area contributed by atoms with E-state index in [1.807, 2.05) is 0 Å². The molecule has 2 aliphatic heterocycles. The first-order valence-corrected chi connectivity index (χ1v) is 11.0. The molecular formula is C24H33N3O3. The van der Waals surface area contributed by atoms with E-state index in [1.54, 1.807) is 0 Å². The molecule has 30 heavy (non-hydrogen) atoms. The van der Waals surface area contributed by atoms with Gasteiger partial charge in [-0.2, -0.15) is 0 Å². The topological polar surface area (TPSA) is 74.7 Å². The minimum absolute atomic E-state index is 0.0117. The lowest BCUT2D eigenvalue weighted by Gasteiger charge is -2.44. The Morgan fingerprint density at radius 1 is 1.30 bits per heavy atom. The average Bonchev–Trinajstić information content (AvgIpc) is 2.73. The second-order valence-corrected chi connectivity index (χ2v) is 9.59. The summed E-state index contributed by atoms with van der Waals surface area (Å²) >= 11 is 0. The fourth-order valence-corrected chi connectivity index (χ4v) is 4.94. The van der Waals surface area contributed by atoms with E-state index < -0.39 is 0 Å². The highest BCUT2D eigenvalue weighted by Gasteiger charge is 2.41. The van der Waals surface area contributed by atoms with Gasteiger partial charge in [-0.25, -0.2) is 4.98 Å². The average molecular weight is 412 g/mol. The quantitative estimate of drug-likeness (QED) is 0.809. The number of aliphatic hydroxyl groups excluding tert-OH is 1. The lowest BCUT2D eigenvalue weighted by atomic mass is 9.73. The summed E-state index contributed by atoms with van der Waals surface area (Å²) < 4.78 is 5.55. The third kappa shape index (κ3) is 4.30. The van der Waals surface area contributed by atoms with E-state index >= 15 is 0 Å². The number of carbonyl (C=O) groups excluding carboxylic acids is 1. The van der Waals surface area contributed by atoms with Crippen LogP contribution in [0.15, 0.2) is 30.3 Å². The van der Waals surface area contributed by atoms with Crippen LogP contribution in [0.25, 0.3) is 10.9 Å². The molecule has 3 atom stereocenters. The molecule has 1 aromatic carbocycles. The van der Waals surface area contributed by atoms with Crippen LogP contribution in [0.5, 0.6) is 0 Å². The molecule has 0 saturated carbocycles. The van der Waals surface area contributed by atoms with Crippen molar-refractivity contribution in [2.75, 3.05) is 37.8 Å². The minimum Gasteiger partial charge on any atom is -0.396 e. The van der Waals surface area contributed by atoms with E-state index in [9.17, 15) is 9.90 Å². The van der Waals surface area contributed by atoms with Gasteiger partial charge in [-0.15, -0.1) is 0 Å². The number of fused-ring (bicyclic) bond motifs is 1. The van der Waals surface area contributed by atoms with Crippen molar-refractivity contribution in [2.24, 2.45) is 17.3 Å². The number of nitrogens with one attached hydrogen (secondary N) is 1. The summed E-state index contributed by atoms with van der Waals surface area (Å²) in [5.41, 5.74) is 2.05. The summed E-state index contributed by atoms with van der Waals surface area (Å²) in [4.78, 5) is 20.3. The van der Waals surface area contributed by atoms with Gasteiger partial charge < -0.3 is 20.1 Å². The Morgan fingerprint density at radius 2 is 2.13 bits per heavy atom. The molecule has 2 aromatic rings. The normalized spacial score (nSPS) is 26.5. The zero-order chi connectivity index (χ0) is 21.3. The fourth-order valence-electron chi connectivity index (χ4n) is 4.94. The van der Waals surface area contributed by atoms with Crippen molar-refractivity contribution in [3.05, 3.63) is 35.9 Å². The zero-order valence-corrected chi connectivity index (χ0v) is 18.2. The van der Waals surface area contributed by atoms with E-state index in [0.717, 1.165) is 42.7 Å². The molecular weight excluding hydrogens is 378 g/mol. The molecule has 2 aliphatic rings. The molecule has 162 valence electrons. The number of hydrogen-bond acceptors (Lipinski definition) is 5. The number of nitrogens with zero attached hydrogens (tertiary/aromatic N) is 2. The number of aliphatic hydroxyl groups is 1. The van der Waals surface area contributed by atoms with Crippen molar-refractivity contribution in [3.63, 3.8) is 0 Å². The molecule has 0 aliphatic carbocycles. The molecule has 6 nitrogen and oxygen atoms in total. The van der Waals surface area contributed by atoms with E-state index in [0.29, 0.717) is 13.2 Å². The molecule has 2 saturated heterocycles. The molecule has 0 bridgehead atoms. The molecule has 3 heterocycles. The molecule has 1 aromatic heterocycles. The van der Waals surface area contributed by atoms with Gasteiger partial charge in [-0.05, 0) is 42.9 Å². The number of rotatable bonds is 4. The largest absolute Gasteiger partial charge is 0.396 e. The summed E-state index contributed by atoms with van der Waals surface area (Å²) in [6.45, 7) is 9.24. The third-order valence-electron chi connectivity index (χ3n) is 6.67. The maximum absolute atomic E-state index is 13.1. The highest BCUT2D eigenvalue weighted by Crippen LogP contribution is 2.37. The summed E-state index contributed by atoms with van der Waals surface area (Å²) in [6.07, 6.45) is 1.57. The SMILES string of the molecule is Cc1cccc2ccc(N3CC[C@H](C(=O)N[C@@H]4COC[C@@H](CO)C4)C(C)(C)C3)nc12. The molecule has 2 fully saturated rings. The lowest BCUT2D eigenvalue weighted by Crippen LogP contribution is -2.54. The van der Waals surface area contributed by atoms with Gasteiger partial charge in [0.1, 0.15) is 5.82 Å². The van der Waals surface area contributed by atoms with Gasteiger partial charge >= 0.3 is 0 Å². The van der Waals surface area contributed by atoms with Crippen molar-refractivity contribution in [3.8, 4) is 0 Å². The Labute approximate surface area is 178 Å². The Morgan fingerprint density at radius 3 is 2.90 bits per heavy atom. The number of benzene rings is 1. The Kier molecular flexibility index (Phi) is 5.98. The van der Waals surface area contributed by atoms with Gasteiger partial charge in [0.2, 0.25) is 5.91 Å². The highest BCUT2D eigenvalue weighted by atomic mass is 16.5. The van der Waals surface area contributed by atoms with Crippen molar-refractivity contribution in [1.82, 2.24) is 10.3 Å². The predicted molar refractivity (Wildman–Crippen MR) is 119 cm³/mol. The lowest BCUT2D eigenvalue weighted by molar-refractivity contribution is -0.131. The summed E-state index contributed by atoms with van der Waals surface area (Å²) in [6, 6.07) is 10.5. The first-order valence-electron chi connectivity index (χ1n) is 11.0. The number of anilines is 1. The fraction of sp³-hybridized carbons (Fsp3) is 0.583. The van der Waals surface area contributed by atoms with Crippen LogP contribution in [0, 0.1) is 24.2 Å². The molecule has 0 spiro atoms. The van der Waals surface area contributed by atoms with Gasteiger partial charge in [-0.1, -0.05) is 32.0 Å².